The molecule has 1 saturated carbocycles. The van der Waals surface area contributed by atoms with Gasteiger partial charge in [0.05, 0.1) is 10.6 Å². The van der Waals surface area contributed by atoms with Crippen LogP contribution in [0.5, 0.6) is 0 Å². The lowest BCUT2D eigenvalue weighted by Crippen LogP contribution is -2.33. The highest BCUT2D eigenvalue weighted by atomic mass is 35.5. The highest BCUT2D eigenvalue weighted by Gasteiger charge is 2.24. The summed E-state index contributed by atoms with van der Waals surface area (Å²) in [5.41, 5.74) is 1.71. The van der Waals surface area contributed by atoms with Gasteiger partial charge in [-0.1, -0.05) is 30.5 Å². The van der Waals surface area contributed by atoms with Gasteiger partial charge in [-0.15, -0.1) is 0 Å². The minimum Gasteiger partial charge on any atom is -0.349 e. The molecule has 2 aromatic rings. The second-order valence-electron chi connectivity index (χ2n) is 6.88. The van der Waals surface area contributed by atoms with Gasteiger partial charge in [0.25, 0.3) is 15.9 Å². The standard InChI is InChI=1S/C20H23ClN2O3S/c1-14-7-8-15(20(24)22-17-5-3-4-6-17)13-19(14)23(2)27(25,26)18-11-9-16(21)10-12-18/h7-13,17H,3-6H2,1-2H3,(H,22,24). The third-order valence-corrected chi connectivity index (χ3v) is 7.01. The van der Waals surface area contributed by atoms with Crippen LogP contribution in [0.15, 0.2) is 47.4 Å². The highest BCUT2D eigenvalue weighted by Crippen LogP contribution is 2.27. The summed E-state index contributed by atoms with van der Waals surface area (Å²) in [6.45, 7) is 1.82. The molecular formula is C20H23ClN2O3S. The molecule has 0 spiro atoms. The number of halogens is 1. The Morgan fingerprint density at radius 2 is 1.74 bits per heavy atom. The molecule has 5 nitrogen and oxygen atoms in total. The number of nitrogens with zero attached hydrogens (tertiary/aromatic N) is 1. The van der Waals surface area contributed by atoms with Crippen molar-refractivity contribution in [2.75, 3.05) is 11.4 Å². The summed E-state index contributed by atoms with van der Waals surface area (Å²) in [5, 5.41) is 3.51. The van der Waals surface area contributed by atoms with Crippen molar-refractivity contribution in [3.63, 3.8) is 0 Å². The van der Waals surface area contributed by atoms with E-state index in [0.29, 0.717) is 16.3 Å². The average Bonchev–Trinajstić information content (AvgIpc) is 3.14. The molecule has 1 amide bonds. The maximum absolute atomic E-state index is 12.9. The van der Waals surface area contributed by atoms with Crippen LogP contribution in [-0.4, -0.2) is 27.4 Å². The summed E-state index contributed by atoms with van der Waals surface area (Å²) < 4.78 is 27.1. The van der Waals surface area contributed by atoms with E-state index < -0.39 is 10.0 Å². The van der Waals surface area contributed by atoms with E-state index >= 15 is 0 Å². The number of aryl methyl sites for hydroxylation is 1. The van der Waals surface area contributed by atoms with Gasteiger partial charge in [-0.3, -0.25) is 9.10 Å². The number of anilines is 1. The Kier molecular flexibility index (Phi) is 5.77. The van der Waals surface area contributed by atoms with Crippen LogP contribution >= 0.6 is 11.6 Å². The van der Waals surface area contributed by atoms with Gasteiger partial charge in [0.15, 0.2) is 0 Å². The topological polar surface area (TPSA) is 66.5 Å². The third kappa shape index (κ3) is 4.28. The Labute approximate surface area is 165 Å². The van der Waals surface area contributed by atoms with E-state index in [2.05, 4.69) is 5.32 Å². The van der Waals surface area contributed by atoms with Crippen molar-refractivity contribution in [2.45, 2.75) is 43.5 Å². The number of rotatable bonds is 5. The van der Waals surface area contributed by atoms with Crippen LogP contribution in [0.1, 0.15) is 41.6 Å². The zero-order valence-corrected chi connectivity index (χ0v) is 17.0. The summed E-state index contributed by atoms with van der Waals surface area (Å²) in [7, 11) is -2.26. The van der Waals surface area contributed by atoms with E-state index in [9.17, 15) is 13.2 Å². The summed E-state index contributed by atoms with van der Waals surface area (Å²) in [4.78, 5) is 12.7. The summed E-state index contributed by atoms with van der Waals surface area (Å²) in [6, 6.07) is 11.4. The lowest BCUT2D eigenvalue weighted by atomic mass is 10.1. The fourth-order valence-electron chi connectivity index (χ4n) is 3.32. The monoisotopic (exact) mass is 406 g/mol. The third-order valence-electron chi connectivity index (χ3n) is 4.97. The minimum absolute atomic E-state index is 0.148. The van der Waals surface area contributed by atoms with Gasteiger partial charge in [0, 0.05) is 23.7 Å². The molecule has 144 valence electrons. The van der Waals surface area contributed by atoms with Crippen molar-refractivity contribution in [2.24, 2.45) is 0 Å². The second-order valence-corrected chi connectivity index (χ2v) is 9.29. The molecular weight excluding hydrogens is 384 g/mol. The molecule has 1 aliphatic rings. The number of benzene rings is 2. The van der Waals surface area contributed by atoms with E-state index in [-0.39, 0.29) is 16.8 Å². The zero-order chi connectivity index (χ0) is 19.6. The molecule has 1 fully saturated rings. The molecule has 0 bridgehead atoms. The number of sulfonamides is 1. The quantitative estimate of drug-likeness (QED) is 0.811. The van der Waals surface area contributed by atoms with Crippen LogP contribution in [-0.2, 0) is 10.0 Å². The molecule has 2 aromatic carbocycles. The van der Waals surface area contributed by atoms with Gasteiger partial charge in [0.2, 0.25) is 0 Å². The van der Waals surface area contributed by atoms with E-state index in [1.807, 2.05) is 6.92 Å². The molecule has 3 rings (SSSR count). The summed E-state index contributed by atoms with van der Waals surface area (Å²) in [6.07, 6.45) is 4.25. The fourth-order valence-corrected chi connectivity index (χ4v) is 4.70. The molecule has 0 radical (unpaired) electrons. The Bertz CT molecular complexity index is 936. The number of nitrogens with one attached hydrogen (secondary N) is 1. The van der Waals surface area contributed by atoms with Crippen molar-refractivity contribution in [1.29, 1.82) is 0 Å². The zero-order valence-electron chi connectivity index (χ0n) is 15.4. The van der Waals surface area contributed by atoms with Gasteiger partial charge in [-0.25, -0.2) is 8.42 Å². The number of hydrogen-bond acceptors (Lipinski definition) is 3. The van der Waals surface area contributed by atoms with Gasteiger partial charge in [0.1, 0.15) is 0 Å². The molecule has 0 aromatic heterocycles. The van der Waals surface area contributed by atoms with Crippen LogP contribution in [0.2, 0.25) is 5.02 Å². The van der Waals surface area contributed by atoms with Crippen LogP contribution < -0.4 is 9.62 Å². The normalized spacial score (nSPS) is 14.9. The number of carbonyl (C=O) groups is 1. The van der Waals surface area contributed by atoms with Crippen molar-refractivity contribution in [1.82, 2.24) is 5.32 Å². The molecule has 1 aliphatic carbocycles. The Hall–Kier alpha value is -2.05. The predicted molar refractivity (Wildman–Crippen MR) is 108 cm³/mol. The second kappa shape index (κ2) is 7.90. The van der Waals surface area contributed by atoms with Crippen molar-refractivity contribution in [3.05, 3.63) is 58.6 Å². The minimum atomic E-state index is -3.75. The summed E-state index contributed by atoms with van der Waals surface area (Å²) in [5.74, 6) is -0.166. The number of carbonyl (C=O) groups excluding carboxylic acids is 1. The number of hydrogen-bond donors (Lipinski definition) is 1. The predicted octanol–water partition coefficient (Wildman–Crippen LogP) is 4.15. The molecule has 0 atom stereocenters. The Morgan fingerprint density at radius 3 is 2.37 bits per heavy atom. The lowest BCUT2D eigenvalue weighted by Gasteiger charge is -2.22. The van der Waals surface area contributed by atoms with E-state index in [1.165, 1.54) is 23.5 Å². The van der Waals surface area contributed by atoms with Gasteiger partial charge in [-0.05, 0) is 61.7 Å². The first-order chi connectivity index (χ1) is 12.8. The Morgan fingerprint density at radius 1 is 1.11 bits per heavy atom. The maximum atomic E-state index is 12.9. The molecule has 27 heavy (non-hydrogen) atoms. The van der Waals surface area contributed by atoms with Crippen LogP contribution in [0.4, 0.5) is 5.69 Å². The largest absolute Gasteiger partial charge is 0.349 e. The van der Waals surface area contributed by atoms with Crippen molar-refractivity contribution < 1.29 is 13.2 Å². The SMILES string of the molecule is Cc1ccc(C(=O)NC2CCCC2)cc1N(C)S(=O)(=O)c1ccc(Cl)cc1. The van der Waals surface area contributed by atoms with Gasteiger partial charge < -0.3 is 5.32 Å². The molecule has 0 saturated heterocycles. The molecule has 1 N–H and O–H groups in total. The molecule has 0 heterocycles. The smallest absolute Gasteiger partial charge is 0.264 e. The number of amides is 1. The van der Waals surface area contributed by atoms with Crippen LogP contribution in [0.25, 0.3) is 0 Å². The van der Waals surface area contributed by atoms with Crippen LogP contribution in [0.3, 0.4) is 0 Å². The molecule has 0 unspecified atom stereocenters. The summed E-state index contributed by atoms with van der Waals surface area (Å²) >= 11 is 5.86. The molecule has 0 aliphatic heterocycles. The van der Waals surface area contributed by atoms with E-state index in [0.717, 1.165) is 31.2 Å². The lowest BCUT2D eigenvalue weighted by molar-refractivity contribution is 0.0938. The average molecular weight is 407 g/mol. The van der Waals surface area contributed by atoms with Crippen LogP contribution in [0, 0.1) is 6.92 Å². The Balaban J connectivity index is 1.88. The highest BCUT2D eigenvalue weighted by molar-refractivity contribution is 7.92. The van der Waals surface area contributed by atoms with E-state index in [1.54, 1.807) is 30.3 Å². The first-order valence-corrected chi connectivity index (χ1v) is 10.8. The maximum Gasteiger partial charge on any atom is 0.264 e. The first kappa shape index (κ1) is 19.7. The van der Waals surface area contributed by atoms with Gasteiger partial charge >= 0.3 is 0 Å². The first-order valence-electron chi connectivity index (χ1n) is 8.95. The van der Waals surface area contributed by atoms with Crippen molar-refractivity contribution in [3.8, 4) is 0 Å². The molecule has 7 heteroatoms. The van der Waals surface area contributed by atoms with Crippen molar-refractivity contribution >= 4 is 33.2 Å². The van der Waals surface area contributed by atoms with E-state index in [4.69, 9.17) is 11.6 Å². The fraction of sp³-hybridized carbons (Fsp3) is 0.350. The van der Waals surface area contributed by atoms with Gasteiger partial charge in [-0.2, -0.15) is 0 Å².